The molecule has 0 unspecified atom stereocenters. The second-order valence-corrected chi connectivity index (χ2v) is 9.51. The smallest absolute Gasteiger partial charge is 0.347 e. The summed E-state index contributed by atoms with van der Waals surface area (Å²) in [7, 11) is 1.33. The molecule has 216 valence electrons. The molecule has 0 bridgehead atoms. The van der Waals surface area contributed by atoms with Crippen LogP contribution in [0.3, 0.4) is 0 Å². The van der Waals surface area contributed by atoms with Crippen molar-refractivity contribution in [2.75, 3.05) is 7.11 Å². The fourth-order valence-electron chi connectivity index (χ4n) is 4.47. The van der Waals surface area contributed by atoms with Crippen molar-refractivity contribution in [2.24, 2.45) is 0 Å². The van der Waals surface area contributed by atoms with Gasteiger partial charge in [0.2, 0.25) is 0 Å². The third-order valence-electron chi connectivity index (χ3n) is 6.73. The van der Waals surface area contributed by atoms with Gasteiger partial charge in [0.1, 0.15) is 41.6 Å². The van der Waals surface area contributed by atoms with E-state index >= 15 is 0 Å². The molecule has 0 fully saturated rings. The van der Waals surface area contributed by atoms with Gasteiger partial charge in [-0.2, -0.15) is 0 Å². The van der Waals surface area contributed by atoms with E-state index in [1.165, 1.54) is 27.0 Å². The summed E-state index contributed by atoms with van der Waals surface area (Å²) < 4.78 is 22.4. The average molecular weight is 571 g/mol. The Kier molecular flexibility index (Phi) is 9.12. The summed E-state index contributed by atoms with van der Waals surface area (Å²) in [6, 6.07) is 19.6. The van der Waals surface area contributed by atoms with Gasteiger partial charge in [-0.15, -0.1) is 0 Å². The van der Waals surface area contributed by atoms with E-state index < -0.39 is 17.7 Å². The van der Waals surface area contributed by atoms with Crippen molar-refractivity contribution < 1.29 is 43.5 Å². The number of phenolic OH excluding ortho intramolecular Hbond substituents is 2. The van der Waals surface area contributed by atoms with Gasteiger partial charge in [0, 0.05) is 11.1 Å². The van der Waals surface area contributed by atoms with Crippen LogP contribution in [0.4, 0.5) is 0 Å². The molecule has 0 aliphatic heterocycles. The molecule has 0 atom stereocenters. The number of hydrogen-bond donors (Lipinski definition) is 2. The number of carbonyl (C=O) groups excluding carboxylic acids is 3. The molecule has 0 aromatic heterocycles. The molecular formula is C33H30O9. The van der Waals surface area contributed by atoms with Crippen LogP contribution in [0.1, 0.15) is 58.9 Å². The number of aromatic hydroxyl groups is 2. The lowest BCUT2D eigenvalue weighted by atomic mass is 10.00. The van der Waals surface area contributed by atoms with Gasteiger partial charge in [-0.3, -0.25) is 4.79 Å². The quantitative estimate of drug-likeness (QED) is 0.134. The normalized spacial score (nSPS) is 10.6. The van der Waals surface area contributed by atoms with Crippen molar-refractivity contribution in [3.8, 4) is 28.7 Å². The fourth-order valence-corrected chi connectivity index (χ4v) is 4.47. The van der Waals surface area contributed by atoms with E-state index in [2.05, 4.69) is 0 Å². The first kappa shape index (κ1) is 29.7. The maximum Gasteiger partial charge on any atom is 0.347 e. The number of phenols is 2. The predicted molar refractivity (Wildman–Crippen MR) is 154 cm³/mol. The van der Waals surface area contributed by atoms with E-state index in [-0.39, 0.29) is 69.6 Å². The lowest BCUT2D eigenvalue weighted by molar-refractivity contribution is 0.0465. The number of esters is 2. The summed E-state index contributed by atoms with van der Waals surface area (Å²) in [5.74, 6) is -2.91. The van der Waals surface area contributed by atoms with Crippen molar-refractivity contribution in [3.63, 3.8) is 0 Å². The molecule has 9 nitrogen and oxygen atoms in total. The minimum absolute atomic E-state index is 0.0167. The minimum Gasteiger partial charge on any atom is -0.507 e. The third-order valence-corrected chi connectivity index (χ3v) is 6.73. The zero-order valence-electron chi connectivity index (χ0n) is 23.6. The molecule has 0 aliphatic carbocycles. The maximum absolute atomic E-state index is 13.5. The summed E-state index contributed by atoms with van der Waals surface area (Å²) in [6.45, 7) is 4.55. The topological polar surface area (TPSA) is 129 Å². The standard InChI is InChI=1S/C33H30O9/c1-19-15-25(39-4)24(16-34)29(36)26(19)33(38)42-31-20(2)27(32(37)41-18-23-13-9-6-10-14-23)28(35)21(3)30(31)40-17-22-11-7-5-8-12-22/h5-16,35-36H,17-18H2,1-4H3. The van der Waals surface area contributed by atoms with Gasteiger partial charge in [0.25, 0.3) is 0 Å². The summed E-state index contributed by atoms with van der Waals surface area (Å²) in [5, 5.41) is 21.9. The molecule has 0 heterocycles. The number of carbonyl (C=O) groups is 3. The van der Waals surface area contributed by atoms with Gasteiger partial charge in [-0.05, 0) is 43.5 Å². The van der Waals surface area contributed by atoms with Crippen molar-refractivity contribution in [1.29, 1.82) is 0 Å². The molecule has 0 saturated carbocycles. The summed E-state index contributed by atoms with van der Waals surface area (Å²) >= 11 is 0. The van der Waals surface area contributed by atoms with Gasteiger partial charge < -0.3 is 29.2 Å². The van der Waals surface area contributed by atoms with E-state index in [9.17, 15) is 24.6 Å². The first-order valence-electron chi connectivity index (χ1n) is 13.0. The van der Waals surface area contributed by atoms with E-state index in [0.29, 0.717) is 6.29 Å². The Morgan fingerprint density at radius 3 is 1.93 bits per heavy atom. The number of aldehydes is 1. The largest absolute Gasteiger partial charge is 0.507 e. The molecule has 2 N–H and O–H groups in total. The molecule has 4 aromatic carbocycles. The number of aryl methyl sites for hydroxylation is 1. The Bertz CT molecular complexity index is 1630. The monoisotopic (exact) mass is 570 g/mol. The van der Waals surface area contributed by atoms with E-state index in [0.717, 1.165) is 11.1 Å². The lowest BCUT2D eigenvalue weighted by Gasteiger charge is -2.21. The Balaban J connectivity index is 1.78. The van der Waals surface area contributed by atoms with Crippen molar-refractivity contribution in [1.82, 2.24) is 0 Å². The molecule has 0 radical (unpaired) electrons. The second kappa shape index (κ2) is 12.9. The van der Waals surface area contributed by atoms with Gasteiger partial charge in [0.05, 0.1) is 12.7 Å². The van der Waals surface area contributed by atoms with Crippen LogP contribution in [0.15, 0.2) is 66.7 Å². The molecule has 9 heteroatoms. The highest BCUT2D eigenvalue weighted by Gasteiger charge is 2.30. The highest BCUT2D eigenvalue weighted by Crippen LogP contribution is 2.45. The fraction of sp³-hybridized carbons (Fsp3) is 0.182. The zero-order chi connectivity index (χ0) is 30.4. The number of ether oxygens (including phenoxy) is 4. The van der Waals surface area contributed by atoms with Crippen LogP contribution in [0.5, 0.6) is 28.7 Å². The van der Waals surface area contributed by atoms with E-state index in [1.807, 2.05) is 36.4 Å². The van der Waals surface area contributed by atoms with Crippen molar-refractivity contribution in [3.05, 3.63) is 111 Å². The summed E-state index contributed by atoms with van der Waals surface area (Å²) in [6.07, 6.45) is 0.371. The van der Waals surface area contributed by atoms with Crippen LogP contribution in [0.2, 0.25) is 0 Å². The molecule has 0 aliphatic rings. The molecule has 0 spiro atoms. The zero-order valence-corrected chi connectivity index (χ0v) is 23.6. The second-order valence-electron chi connectivity index (χ2n) is 9.51. The highest BCUT2D eigenvalue weighted by molar-refractivity contribution is 6.01. The molecule has 42 heavy (non-hydrogen) atoms. The maximum atomic E-state index is 13.5. The molecule has 4 aromatic rings. The van der Waals surface area contributed by atoms with Gasteiger partial charge in [0.15, 0.2) is 17.8 Å². The Morgan fingerprint density at radius 2 is 1.36 bits per heavy atom. The highest BCUT2D eigenvalue weighted by atomic mass is 16.6. The van der Waals surface area contributed by atoms with Crippen LogP contribution in [-0.2, 0) is 18.0 Å². The Morgan fingerprint density at radius 1 is 0.762 bits per heavy atom. The van der Waals surface area contributed by atoms with Crippen LogP contribution in [-0.4, -0.2) is 35.5 Å². The molecule has 4 rings (SSSR count). The van der Waals surface area contributed by atoms with Crippen LogP contribution < -0.4 is 14.2 Å². The molecular weight excluding hydrogens is 540 g/mol. The third kappa shape index (κ3) is 6.05. The number of benzene rings is 4. The van der Waals surface area contributed by atoms with Gasteiger partial charge in [-0.1, -0.05) is 60.7 Å². The predicted octanol–water partition coefficient (Wildman–Crippen LogP) is 6.00. The van der Waals surface area contributed by atoms with Crippen molar-refractivity contribution in [2.45, 2.75) is 34.0 Å². The summed E-state index contributed by atoms with van der Waals surface area (Å²) in [4.78, 5) is 38.4. The number of methoxy groups -OCH3 is 1. The SMILES string of the molecule is COc1cc(C)c(C(=O)Oc2c(C)c(C(=O)OCc3ccccc3)c(O)c(C)c2OCc2ccccc2)c(O)c1C=O. The van der Waals surface area contributed by atoms with E-state index in [1.54, 1.807) is 31.2 Å². The first-order chi connectivity index (χ1) is 20.2. The minimum atomic E-state index is -1.02. The van der Waals surface area contributed by atoms with Crippen LogP contribution in [0.25, 0.3) is 0 Å². The van der Waals surface area contributed by atoms with Gasteiger partial charge >= 0.3 is 11.9 Å². The number of hydrogen-bond acceptors (Lipinski definition) is 9. The molecule has 0 saturated heterocycles. The van der Waals surface area contributed by atoms with Crippen LogP contribution in [0, 0.1) is 20.8 Å². The average Bonchev–Trinajstić information content (AvgIpc) is 2.99. The summed E-state index contributed by atoms with van der Waals surface area (Å²) in [5.41, 5.74) is 1.33. The Labute approximate surface area is 242 Å². The van der Waals surface area contributed by atoms with E-state index in [4.69, 9.17) is 18.9 Å². The first-order valence-corrected chi connectivity index (χ1v) is 13.0. The molecule has 0 amide bonds. The lowest BCUT2D eigenvalue weighted by Crippen LogP contribution is -2.16. The van der Waals surface area contributed by atoms with Gasteiger partial charge in [-0.25, -0.2) is 9.59 Å². The number of rotatable bonds is 10. The van der Waals surface area contributed by atoms with Crippen molar-refractivity contribution >= 4 is 18.2 Å². The Hall–Kier alpha value is -5.31. The van der Waals surface area contributed by atoms with Crippen LogP contribution >= 0.6 is 0 Å².